The second-order valence-corrected chi connectivity index (χ2v) is 4.78. The molecule has 0 aliphatic heterocycles. The van der Waals surface area contributed by atoms with Gasteiger partial charge in [0.25, 0.3) is 0 Å². The molecule has 0 heterocycles. The van der Waals surface area contributed by atoms with E-state index in [1.165, 1.54) is 0 Å². The molecule has 2 rings (SSSR count). The summed E-state index contributed by atoms with van der Waals surface area (Å²) in [5.74, 6) is -0.111. The van der Waals surface area contributed by atoms with Crippen molar-refractivity contribution in [2.45, 2.75) is 26.3 Å². The van der Waals surface area contributed by atoms with Crippen molar-refractivity contribution in [1.29, 1.82) is 0 Å². The average Bonchev–Trinajstić information content (AvgIpc) is 2.45. The van der Waals surface area contributed by atoms with Gasteiger partial charge in [-0.05, 0) is 31.0 Å². The highest BCUT2D eigenvalue weighted by molar-refractivity contribution is 5.35. The van der Waals surface area contributed by atoms with E-state index in [2.05, 4.69) is 12.2 Å². The molecule has 0 aromatic heterocycles. The Labute approximate surface area is 114 Å². The summed E-state index contributed by atoms with van der Waals surface area (Å²) in [5, 5.41) is 3.43. The molecule has 1 nitrogen and oxygen atoms in total. The fourth-order valence-electron chi connectivity index (χ4n) is 2.23. The third-order valence-corrected chi connectivity index (χ3v) is 3.26. The van der Waals surface area contributed by atoms with Crippen LogP contribution >= 0.6 is 0 Å². The molecule has 2 heteroatoms. The lowest BCUT2D eigenvalue weighted by molar-refractivity contribution is 0.542. The Morgan fingerprint density at radius 2 is 1.79 bits per heavy atom. The first kappa shape index (κ1) is 13.8. The monoisotopic (exact) mass is 257 g/mol. The maximum Gasteiger partial charge on any atom is 0.131 e. The maximum atomic E-state index is 14.3. The molecule has 0 radical (unpaired) electrons. The Kier molecular flexibility index (Phi) is 4.69. The number of nitrogens with one attached hydrogen (secondary N) is 1. The zero-order chi connectivity index (χ0) is 13.7. The van der Waals surface area contributed by atoms with Crippen LogP contribution in [0.1, 0.15) is 36.1 Å². The summed E-state index contributed by atoms with van der Waals surface area (Å²) < 4.78 is 14.3. The SMILES string of the molecule is CCCNC(c1ccccc1)c1cccc(C)c1F. The van der Waals surface area contributed by atoms with E-state index in [0.717, 1.165) is 24.1 Å². The quantitative estimate of drug-likeness (QED) is 0.845. The first-order chi connectivity index (χ1) is 9.24. The van der Waals surface area contributed by atoms with Gasteiger partial charge in [-0.15, -0.1) is 0 Å². The number of benzene rings is 2. The van der Waals surface area contributed by atoms with Crippen molar-refractivity contribution in [3.05, 3.63) is 71.0 Å². The Hall–Kier alpha value is -1.67. The van der Waals surface area contributed by atoms with E-state index in [4.69, 9.17) is 0 Å². The van der Waals surface area contributed by atoms with Gasteiger partial charge in [-0.1, -0.05) is 55.5 Å². The predicted octanol–water partition coefficient (Wildman–Crippen LogP) is 4.22. The molecule has 0 bridgehead atoms. The summed E-state index contributed by atoms with van der Waals surface area (Å²) in [6, 6.07) is 15.5. The van der Waals surface area contributed by atoms with E-state index in [9.17, 15) is 4.39 Å². The average molecular weight is 257 g/mol. The Balaban J connectivity index is 2.40. The lowest BCUT2D eigenvalue weighted by Crippen LogP contribution is -2.24. The van der Waals surface area contributed by atoms with Crippen LogP contribution in [0.5, 0.6) is 0 Å². The van der Waals surface area contributed by atoms with Crippen LogP contribution in [0.15, 0.2) is 48.5 Å². The summed E-state index contributed by atoms with van der Waals surface area (Å²) in [6.45, 7) is 4.79. The molecule has 100 valence electrons. The minimum absolute atomic E-state index is 0.0824. The molecule has 1 unspecified atom stereocenters. The Bertz CT molecular complexity index is 522. The molecule has 1 atom stereocenters. The first-order valence-electron chi connectivity index (χ1n) is 6.77. The van der Waals surface area contributed by atoms with Crippen LogP contribution in [-0.4, -0.2) is 6.54 Å². The Morgan fingerprint density at radius 1 is 1.05 bits per heavy atom. The van der Waals surface area contributed by atoms with E-state index in [0.29, 0.717) is 5.56 Å². The summed E-state index contributed by atoms with van der Waals surface area (Å²) in [6.07, 6.45) is 1.02. The fourth-order valence-corrected chi connectivity index (χ4v) is 2.23. The van der Waals surface area contributed by atoms with Gasteiger partial charge in [-0.2, -0.15) is 0 Å². The molecule has 19 heavy (non-hydrogen) atoms. The summed E-state index contributed by atoms with van der Waals surface area (Å²) in [5.41, 5.74) is 2.51. The number of hydrogen-bond acceptors (Lipinski definition) is 1. The zero-order valence-corrected chi connectivity index (χ0v) is 11.5. The molecule has 0 aliphatic carbocycles. The molecule has 0 saturated carbocycles. The van der Waals surface area contributed by atoms with Crippen LogP contribution in [0, 0.1) is 12.7 Å². The maximum absolute atomic E-state index is 14.3. The molecule has 1 N–H and O–H groups in total. The van der Waals surface area contributed by atoms with Crippen LogP contribution in [0.2, 0.25) is 0 Å². The van der Waals surface area contributed by atoms with Gasteiger partial charge in [0, 0.05) is 5.56 Å². The topological polar surface area (TPSA) is 12.0 Å². The number of rotatable bonds is 5. The molecular formula is C17H20FN. The van der Waals surface area contributed by atoms with E-state index in [1.807, 2.05) is 42.5 Å². The summed E-state index contributed by atoms with van der Waals surface area (Å²) >= 11 is 0. The molecule has 0 fully saturated rings. The number of halogens is 1. The highest BCUT2D eigenvalue weighted by Crippen LogP contribution is 2.25. The molecule has 0 amide bonds. The van der Waals surface area contributed by atoms with Crippen LogP contribution in [-0.2, 0) is 0 Å². The van der Waals surface area contributed by atoms with Crippen molar-refractivity contribution in [2.75, 3.05) is 6.54 Å². The molecule has 2 aromatic carbocycles. The third-order valence-electron chi connectivity index (χ3n) is 3.26. The van der Waals surface area contributed by atoms with Gasteiger partial charge in [-0.3, -0.25) is 0 Å². The van der Waals surface area contributed by atoms with E-state index >= 15 is 0 Å². The molecular weight excluding hydrogens is 237 g/mol. The van der Waals surface area contributed by atoms with Crippen molar-refractivity contribution in [3.63, 3.8) is 0 Å². The second-order valence-electron chi connectivity index (χ2n) is 4.78. The van der Waals surface area contributed by atoms with Crippen molar-refractivity contribution in [2.24, 2.45) is 0 Å². The summed E-state index contributed by atoms with van der Waals surface area (Å²) in [4.78, 5) is 0. The van der Waals surface area contributed by atoms with Gasteiger partial charge in [0.15, 0.2) is 0 Å². The molecule has 2 aromatic rings. The molecule has 0 spiro atoms. The number of aryl methyl sites for hydroxylation is 1. The van der Waals surface area contributed by atoms with Gasteiger partial charge < -0.3 is 5.32 Å². The second kappa shape index (κ2) is 6.48. The van der Waals surface area contributed by atoms with Gasteiger partial charge in [-0.25, -0.2) is 4.39 Å². The lowest BCUT2D eigenvalue weighted by atomic mass is 9.96. The minimum Gasteiger partial charge on any atom is -0.306 e. The van der Waals surface area contributed by atoms with Gasteiger partial charge in [0.1, 0.15) is 5.82 Å². The predicted molar refractivity (Wildman–Crippen MR) is 77.7 cm³/mol. The smallest absolute Gasteiger partial charge is 0.131 e. The molecule has 0 saturated heterocycles. The minimum atomic E-state index is -0.111. The van der Waals surface area contributed by atoms with Crippen molar-refractivity contribution in [3.8, 4) is 0 Å². The van der Waals surface area contributed by atoms with Crippen LogP contribution in [0.3, 0.4) is 0 Å². The summed E-state index contributed by atoms with van der Waals surface area (Å²) in [7, 11) is 0. The highest BCUT2D eigenvalue weighted by Gasteiger charge is 2.17. The lowest BCUT2D eigenvalue weighted by Gasteiger charge is -2.20. The normalized spacial score (nSPS) is 12.4. The van der Waals surface area contributed by atoms with E-state index in [-0.39, 0.29) is 11.9 Å². The van der Waals surface area contributed by atoms with E-state index < -0.39 is 0 Å². The largest absolute Gasteiger partial charge is 0.306 e. The van der Waals surface area contributed by atoms with Gasteiger partial charge in [0.2, 0.25) is 0 Å². The fraction of sp³-hybridized carbons (Fsp3) is 0.294. The van der Waals surface area contributed by atoms with Crippen LogP contribution in [0.25, 0.3) is 0 Å². The zero-order valence-electron chi connectivity index (χ0n) is 11.5. The van der Waals surface area contributed by atoms with Gasteiger partial charge >= 0.3 is 0 Å². The third kappa shape index (κ3) is 3.21. The first-order valence-corrected chi connectivity index (χ1v) is 6.77. The van der Waals surface area contributed by atoms with Crippen molar-refractivity contribution < 1.29 is 4.39 Å². The highest BCUT2D eigenvalue weighted by atomic mass is 19.1. The van der Waals surface area contributed by atoms with Gasteiger partial charge in [0.05, 0.1) is 6.04 Å². The van der Waals surface area contributed by atoms with Crippen LogP contribution < -0.4 is 5.32 Å². The number of hydrogen-bond donors (Lipinski definition) is 1. The van der Waals surface area contributed by atoms with Crippen molar-refractivity contribution in [1.82, 2.24) is 5.32 Å². The standard InChI is InChI=1S/C17H20FN/c1-3-12-19-17(14-9-5-4-6-10-14)15-11-7-8-13(2)16(15)18/h4-11,17,19H,3,12H2,1-2H3. The Morgan fingerprint density at radius 3 is 2.47 bits per heavy atom. The van der Waals surface area contributed by atoms with Crippen LogP contribution in [0.4, 0.5) is 4.39 Å². The van der Waals surface area contributed by atoms with Crippen molar-refractivity contribution >= 4 is 0 Å². The van der Waals surface area contributed by atoms with E-state index in [1.54, 1.807) is 13.0 Å². The molecule has 0 aliphatic rings.